The summed E-state index contributed by atoms with van der Waals surface area (Å²) >= 11 is 2.90. The number of pyridine rings is 1. The first-order valence-corrected chi connectivity index (χ1v) is 6.55. The van der Waals surface area contributed by atoms with Crippen LogP contribution in [0.4, 0.5) is 5.69 Å². The minimum absolute atomic E-state index is 0.191. The Labute approximate surface area is 99.5 Å². The highest BCUT2D eigenvalue weighted by Gasteiger charge is 2.20. The SMILES string of the molecule is Nc1c(C(=O)O)sc2nc3c(cc12)SCC3. The van der Waals surface area contributed by atoms with E-state index in [0.29, 0.717) is 5.69 Å². The lowest BCUT2D eigenvalue weighted by Crippen LogP contribution is -1.97. The molecule has 3 heterocycles. The van der Waals surface area contributed by atoms with Crippen LogP contribution in [0.1, 0.15) is 15.4 Å². The van der Waals surface area contributed by atoms with Crippen LogP contribution in [-0.2, 0) is 6.42 Å². The average Bonchev–Trinajstić information content (AvgIpc) is 2.80. The fourth-order valence-electron chi connectivity index (χ4n) is 1.78. The Hall–Kier alpha value is -1.27. The zero-order valence-corrected chi connectivity index (χ0v) is 9.82. The van der Waals surface area contributed by atoms with Crippen LogP contribution < -0.4 is 5.73 Å². The van der Waals surface area contributed by atoms with E-state index in [2.05, 4.69) is 4.98 Å². The van der Waals surface area contributed by atoms with Gasteiger partial charge in [-0.15, -0.1) is 23.1 Å². The van der Waals surface area contributed by atoms with Gasteiger partial charge in [-0.05, 0) is 6.07 Å². The van der Waals surface area contributed by atoms with Gasteiger partial charge in [0, 0.05) is 22.5 Å². The molecular formula is C10H8N2O2S2. The third kappa shape index (κ3) is 1.30. The molecule has 82 valence electrons. The Morgan fingerprint density at radius 3 is 3.12 bits per heavy atom. The summed E-state index contributed by atoms with van der Waals surface area (Å²) in [5.74, 6) is 0.0685. The molecule has 0 bridgehead atoms. The molecule has 3 rings (SSSR count). The summed E-state index contributed by atoms with van der Waals surface area (Å²) in [6, 6.07) is 1.97. The van der Waals surface area contributed by atoms with E-state index >= 15 is 0 Å². The van der Waals surface area contributed by atoms with E-state index in [0.717, 1.165) is 44.3 Å². The number of aromatic nitrogens is 1. The Morgan fingerprint density at radius 1 is 1.56 bits per heavy atom. The molecule has 3 N–H and O–H groups in total. The van der Waals surface area contributed by atoms with E-state index in [9.17, 15) is 4.79 Å². The number of nitrogens with two attached hydrogens (primary N) is 1. The molecule has 0 atom stereocenters. The predicted molar refractivity (Wildman–Crippen MR) is 65.4 cm³/mol. The van der Waals surface area contributed by atoms with Gasteiger partial charge < -0.3 is 10.8 Å². The number of aryl methyl sites for hydroxylation is 1. The monoisotopic (exact) mass is 252 g/mol. The second-order valence-corrected chi connectivity index (χ2v) is 5.67. The molecule has 0 fully saturated rings. The van der Waals surface area contributed by atoms with Gasteiger partial charge in [0.2, 0.25) is 0 Å². The van der Waals surface area contributed by atoms with Gasteiger partial charge in [-0.2, -0.15) is 0 Å². The summed E-state index contributed by atoms with van der Waals surface area (Å²) < 4.78 is 0. The molecule has 0 saturated carbocycles. The predicted octanol–water partition coefficient (Wildman–Crippen LogP) is 2.22. The molecule has 2 aromatic rings. The second-order valence-electron chi connectivity index (χ2n) is 3.53. The third-order valence-corrected chi connectivity index (χ3v) is 4.73. The van der Waals surface area contributed by atoms with E-state index in [-0.39, 0.29) is 4.88 Å². The first kappa shape index (κ1) is 9.92. The number of fused-ring (bicyclic) bond motifs is 2. The molecule has 0 unspecified atom stereocenters. The van der Waals surface area contributed by atoms with Crippen molar-refractivity contribution in [2.24, 2.45) is 0 Å². The Kier molecular flexibility index (Phi) is 2.08. The van der Waals surface area contributed by atoms with Gasteiger partial charge in [0.05, 0.1) is 11.4 Å². The third-order valence-electron chi connectivity index (χ3n) is 2.55. The molecule has 0 radical (unpaired) electrons. The maximum atomic E-state index is 10.9. The highest BCUT2D eigenvalue weighted by atomic mass is 32.2. The number of carboxylic acid groups (broad SMARTS) is 1. The summed E-state index contributed by atoms with van der Waals surface area (Å²) in [5, 5.41) is 9.75. The van der Waals surface area contributed by atoms with E-state index in [1.165, 1.54) is 0 Å². The topological polar surface area (TPSA) is 76.2 Å². The number of aromatic carboxylic acids is 1. The molecule has 0 aliphatic carbocycles. The summed E-state index contributed by atoms with van der Waals surface area (Å²) in [7, 11) is 0. The molecule has 16 heavy (non-hydrogen) atoms. The van der Waals surface area contributed by atoms with Crippen LogP contribution in [0.2, 0.25) is 0 Å². The van der Waals surface area contributed by atoms with Gasteiger partial charge >= 0.3 is 5.97 Å². The number of carbonyl (C=O) groups is 1. The number of hydrogen-bond acceptors (Lipinski definition) is 5. The lowest BCUT2D eigenvalue weighted by atomic mass is 10.2. The summed E-state index contributed by atoms with van der Waals surface area (Å²) in [6.07, 6.45) is 0.955. The van der Waals surface area contributed by atoms with Gasteiger partial charge in [0.15, 0.2) is 0 Å². The van der Waals surface area contributed by atoms with Crippen molar-refractivity contribution < 1.29 is 9.90 Å². The Bertz CT molecular complexity index is 606. The van der Waals surface area contributed by atoms with Crippen LogP contribution in [0.3, 0.4) is 0 Å². The van der Waals surface area contributed by atoms with E-state index in [1.54, 1.807) is 11.8 Å². The zero-order valence-electron chi connectivity index (χ0n) is 8.19. The maximum absolute atomic E-state index is 10.9. The second kappa shape index (κ2) is 3.36. The van der Waals surface area contributed by atoms with Gasteiger partial charge in [0.1, 0.15) is 9.71 Å². The quantitative estimate of drug-likeness (QED) is 0.814. The van der Waals surface area contributed by atoms with Crippen molar-refractivity contribution in [2.75, 3.05) is 11.5 Å². The van der Waals surface area contributed by atoms with Crippen molar-refractivity contribution in [3.05, 3.63) is 16.6 Å². The molecule has 0 aromatic carbocycles. The number of rotatable bonds is 1. The van der Waals surface area contributed by atoms with Crippen molar-refractivity contribution in [1.82, 2.24) is 4.98 Å². The van der Waals surface area contributed by atoms with Crippen LogP contribution in [0.5, 0.6) is 0 Å². The lowest BCUT2D eigenvalue weighted by molar-refractivity contribution is 0.0703. The number of hydrogen-bond donors (Lipinski definition) is 2. The number of nitrogens with zero attached hydrogens (tertiary/aromatic N) is 1. The van der Waals surface area contributed by atoms with Crippen LogP contribution >= 0.6 is 23.1 Å². The molecule has 6 heteroatoms. The van der Waals surface area contributed by atoms with Crippen LogP contribution in [0.25, 0.3) is 10.2 Å². The van der Waals surface area contributed by atoms with Crippen molar-refractivity contribution in [3.63, 3.8) is 0 Å². The number of carboxylic acids is 1. The van der Waals surface area contributed by atoms with Gasteiger partial charge in [-0.25, -0.2) is 9.78 Å². The van der Waals surface area contributed by atoms with Crippen molar-refractivity contribution in [2.45, 2.75) is 11.3 Å². The summed E-state index contributed by atoms with van der Waals surface area (Å²) in [6.45, 7) is 0. The van der Waals surface area contributed by atoms with Crippen LogP contribution in [-0.4, -0.2) is 21.8 Å². The van der Waals surface area contributed by atoms with Crippen molar-refractivity contribution >= 4 is 45.0 Å². The van der Waals surface area contributed by atoms with Crippen LogP contribution in [0.15, 0.2) is 11.0 Å². The Balaban J connectivity index is 2.32. The first-order valence-electron chi connectivity index (χ1n) is 4.75. The average molecular weight is 252 g/mol. The smallest absolute Gasteiger partial charge is 0.348 e. The molecule has 4 nitrogen and oxygen atoms in total. The van der Waals surface area contributed by atoms with E-state index in [1.807, 2.05) is 6.07 Å². The minimum Gasteiger partial charge on any atom is -0.477 e. The molecular weight excluding hydrogens is 244 g/mol. The first-order chi connectivity index (χ1) is 7.66. The molecule has 2 aromatic heterocycles. The maximum Gasteiger partial charge on any atom is 0.348 e. The minimum atomic E-state index is -0.978. The highest BCUT2D eigenvalue weighted by Crippen LogP contribution is 2.38. The fourth-order valence-corrected chi connectivity index (χ4v) is 3.75. The van der Waals surface area contributed by atoms with Crippen LogP contribution in [0, 0.1) is 0 Å². The van der Waals surface area contributed by atoms with E-state index in [4.69, 9.17) is 10.8 Å². The molecule has 1 aliphatic rings. The van der Waals surface area contributed by atoms with Gasteiger partial charge in [-0.3, -0.25) is 0 Å². The summed E-state index contributed by atoms with van der Waals surface area (Å²) in [4.78, 5) is 17.5. The number of thioether (sulfide) groups is 1. The molecule has 0 spiro atoms. The van der Waals surface area contributed by atoms with Gasteiger partial charge in [-0.1, -0.05) is 0 Å². The van der Waals surface area contributed by atoms with E-state index < -0.39 is 5.97 Å². The number of anilines is 1. The molecule has 0 saturated heterocycles. The normalized spacial score (nSPS) is 14.2. The highest BCUT2D eigenvalue weighted by molar-refractivity contribution is 7.99. The zero-order chi connectivity index (χ0) is 11.3. The lowest BCUT2D eigenvalue weighted by Gasteiger charge is -1.97. The Morgan fingerprint density at radius 2 is 2.38 bits per heavy atom. The van der Waals surface area contributed by atoms with Crippen molar-refractivity contribution in [1.29, 1.82) is 0 Å². The number of nitrogen functional groups attached to an aromatic ring is 1. The van der Waals surface area contributed by atoms with Gasteiger partial charge in [0.25, 0.3) is 0 Å². The largest absolute Gasteiger partial charge is 0.477 e. The van der Waals surface area contributed by atoms with Crippen molar-refractivity contribution in [3.8, 4) is 0 Å². The summed E-state index contributed by atoms with van der Waals surface area (Å²) in [5.41, 5.74) is 7.22. The molecule has 1 aliphatic heterocycles. The molecule has 0 amide bonds. The fraction of sp³-hybridized carbons (Fsp3) is 0.200. The standard InChI is InChI=1S/C10H8N2O2S2/c11-7-4-3-6-5(1-2-15-6)12-9(4)16-8(7)10(13)14/h3H,1-2,11H2,(H,13,14). The number of thiophene rings is 1.